The maximum absolute atomic E-state index is 2.83. The lowest BCUT2D eigenvalue weighted by Gasteiger charge is -2.22. The molecular weight excluding hydrogens is 386 g/mol. The Morgan fingerprint density at radius 3 is 0.656 bits per heavy atom. The molecule has 0 fully saturated rings. The summed E-state index contributed by atoms with van der Waals surface area (Å²) in [5.74, 6) is 0. The Hall–Kier alpha value is -0.0400. The van der Waals surface area contributed by atoms with E-state index >= 15 is 0 Å². The first-order valence-corrected chi connectivity index (χ1v) is 15.6. The average Bonchev–Trinajstić information content (AvgIpc) is 2.80. The number of rotatable bonds is 28. The van der Waals surface area contributed by atoms with Gasteiger partial charge in [0.1, 0.15) is 0 Å². The summed E-state index contributed by atoms with van der Waals surface area (Å²) in [4.78, 5) is 2.83. The molecule has 0 aliphatic rings. The van der Waals surface area contributed by atoms with Crippen molar-refractivity contribution < 1.29 is 0 Å². The highest BCUT2D eigenvalue weighted by atomic mass is 15.1. The zero-order valence-corrected chi connectivity index (χ0v) is 23.2. The molecule has 0 aliphatic heterocycles. The number of hydrogen-bond acceptors (Lipinski definition) is 1. The fourth-order valence-corrected chi connectivity index (χ4v) is 4.92. The average molecular weight is 452 g/mol. The van der Waals surface area contributed by atoms with Gasteiger partial charge in [0, 0.05) is 0 Å². The minimum atomic E-state index is 1.36. The summed E-state index contributed by atoms with van der Waals surface area (Å²) in [6.45, 7) is 11.0. The Bertz CT molecular complexity index is 294. The van der Waals surface area contributed by atoms with Crippen molar-refractivity contribution in [3.63, 3.8) is 0 Å². The molecule has 0 atom stereocenters. The Kier molecular flexibility index (Phi) is 29.0. The van der Waals surface area contributed by atoms with Gasteiger partial charge in [-0.05, 0) is 38.9 Å². The van der Waals surface area contributed by atoms with E-state index in [1.54, 1.807) is 0 Å². The number of nitrogens with zero attached hydrogens (tertiary/aromatic N) is 1. The summed E-state index contributed by atoms with van der Waals surface area (Å²) >= 11 is 0. The van der Waals surface area contributed by atoms with Crippen LogP contribution in [0.3, 0.4) is 0 Å². The van der Waals surface area contributed by atoms with E-state index in [1.807, 2.05) is 0 Å². The monoisotopic (exact) mass is 452 g/mol. The van der Waals surface area contributed by atoms with Crippen LogP contribution in [-0.2, 0) is 0 Å². The van der Waals surface area contributed by atoms with Crippen LogP contribution in [0.15, 0.2) is 0 Å². The summed E-state index contributed by atoms with van der Waals surface area (Å²) < 4.78 is 0. The molecule has 0 rings (SSSR count). The largest absolute Gasteiger partial charge is 0.303 e. The fourth-order valence-electron chi connectivity index (χ4n) is 4.92. The van der Waals surface area contributed by atoms with Crippen LogP contribution in [0.25, 0.3) is 0 Å². The molecule has 0 aromatic heterocycles. The lowest BCUT2D eigenvalue weighted by atomic mass is 10.1. The minimum Gasteiger partial charge on any atom is -0.303 e. The van der Waals surface area contributed by atoms with Crippen molar-refractivity contribution in [2.75, 3.05) is 19.6 Å². The van der Waals surface area contributed by atoms with E-state index in [4.69, 9.17) is 0 Å². The second-order valence-electron chi connectivity index (χ2n) is 10.6. The lowest BCUT2D eigenvalue weighted by Crippen LogP contribution is -2.27. The number of hydrogen-bond donors (Lipinski definition) is 0. The normalized spacial score (nSPS) is 11.6. The third kappa shape index (κ3) is 26.2. The van der Waals surface area contributed by atoms with Gasteiger partial charge in [-0.2, -0.15) is 0 Å². The Morgan fingerprint density at radius 2 is 0.438 bits per heavy atom. The highest BCUT2D eigenvalue weighted by Crippen LogP contribution is 2.13. The van der Waals surface area contributed by atoms with E-state index < -0.39 is 0 Å². The second kappa shape index (κ2) is 29.0. The van der Waals surface area contributed by atoms with Crippen LogP contribution in [0.1, 0.15) is 181 Å². The topological polar surface area (TPSA) is 3.24 Å². The van der Waals surface area contributed by atoms with Gasteiger partial charge >= 0.3 is 0 Å². The van der Waals surface area contributed by atoms with E-state index in [2.05, 4.69) is 25.7 Å². The first-order chi connectivity index (χ1) is 15.8. The summed E-state index contributed by atoms with van der Waals surface area (Å²) in [6.07, 6.45) is 36.1. The first-order valence-electron chi connectivity index (χ1n) is 15.6. The van der Waals surface area contributed by atoms with Crippen molar-refractivity contribution >= 4 is 0 Å². The van der Waals surface area contributed by atoms with Gasteiger partial charge < -0.3 is 4.90 Å². The molecule has 0 saturated carbocycles. The van der Waals surface area contributed by atoms with Crippen LogP contribution in [0.4, 0.5) is 0 Å². The first kappa shape index (κ1) is 32.0. The van der Waals surface area contributed by atoms with Gasteiger partial charge in [-0.15, -0.1) is 0 Å². The van der Waals surface area contributed by atoms with Gasteiger partial charge in [-0.3, -0.25) is 0 Å². The molecule has 0 radical (unpaired) electrons. The van der Waals surface area contributed by atoms with Gasteiger partial charge in [-0.25, -0.2) is 0 Å². The van der Waals surface area contributed by atoms with E-state index in [-0.39, 0.29) is 0 Å². The Morgan fingerprint density at radius 1 is 0.250 bits per heavy atom. The molecule has 0 aromatic carbocycles. The highest BCUT2D eigenvalue weighted by Gasteiger charge is 2.05. The van der Waals surface area contributed by atoms with Crippen LogP contribution in [0.5, 0.6) is 0 Å². The molecule has 0 heterocycles. The molecule has 0 aliphatic carbocycles. The zero-order valence-electron chi connectivity index (χ0n) is 23.2. The van der Waals surface area contributed by atoms with Crippen LogP contribution in [-0.4, -0.2) is 24.5 Å². The minimum absolute atomic E-state index is 1.36. The number of unbranched alkanes of at least 4 members (excludes halogenated alkanes) is 22. The molecule has 0 unspecified atom stereocenters. The second-order valence-corrected chi connectivity index (χ2v) is 10.6. The molecule has 1 nitrogen and oxygen atoms in total. The van der Waals surface area contributed by atoms with Gasteiger partial charge in [0.2, 0.25) is 0 Å². The van der Waals surface area contributed by atoms with E-state index in [0.29, 0.717) is 0 Å². The van der Waals surface area contributed by atoms with Crippen molar-refractivity contribution in [3.05, 3.63) is 0 Å². The molecule has 0 aromatic rings. The predicted molar refractivity (Wildman–Crippen MR) is 149 cm³/mol. The van der Waals surface area contributed by atoms with Gasteiger partial charge in [0.05, 0.1) is 0 Å². The maximum atomic E-state index is 2.83. The Labute approximate surface area is 205 Å². The molecule has 0 bridgehead atoms. The van der Waals surface area contributed by atoms with Crippen molar-refractivity contribution in [2.45, 2.75) is 181 Å². The summed E-state index contributed by atoms with van der Waals surface area (Å²) in [6, 6.07) is 0. The van der Waals surface area contributed by atoms with Crippen molar-refractivity contribution in [1.82, 2.24) is 4.90 Å². The van der Waals surface area contributed by atoms with Crippen molar-refractivity contribution in [2.24, 2.45) is 0 Å². The van der Waals surface area contributed by atoms with E-state index in [9.17, 15) is 0 Å². The molecule has 194 valence electrons. The summed E-state index contributed by atoms with van der Waals surface area (Å²) in [5.41, 5.74) is 0. The van der Waals surface area contributed by atoms with Crippen LogP contribution < -0.4 is 0 Å². The lowest BCUT2D eigenvalue weighted by molar-refractivity contribution is 0.254. The van der Waals surface area contributed by atoms with E-state index in [1.165, 1.54) is 180 Å². The SMILES string of the molecule is CCCCCCCCCCCN(CCCCCCCCCC)CCCCCCCCCC. The molecular formula is C31H65N. The predicted octanol–water partition coefficient (Wildman–Crippen LogP) is 11.1. The molecule has 0 spiro atoms. The summed E-state index contributed by atoms with van der Waals surface area (Å²) in [7, 11) is 0. The van der Waals surface area contributed by atoms with Gasteiger partial charge in [-0.1, -0.05) is 162 Å². The molecule has 32 heavy (non-hydrogen) atoms. The van der Waals surface area contributed by atoms with Crippen molar-refractivity contribution in [3.8, 4) is 0 Å². The van der Waals surface area contributed by atoms with Gasteiger partial charge in [0.25, 0.3) is 0 Å². The molecule has 0 saturated heterocycles. The maximum Gasteiger partial charge on any atom is -0.00187 e. The quantitative estimate of drug-likeness (QED) is 0.107. The van der Waals surface area contributed by atoms with E-state index in [0.717, 1.165) is 0 Å². The molecule has 1 heteroatoms. The third-order valence-electron chi connectivity index (χ3n) is 7.23. The summed E-state index contributed by atoms with van der Waals surface area (Å²) in [5, 5.41) is 0. The molecule has 0 N–H and O–H groups in total. The fraction of sp³-hybridized carbons (Fsp3) is 1.00. The Balaban J connectivity index is 3.83. The van der Waals surface area contributed by atoms with Crippen LogP contribution >= 0.6 is 0 Å². The van der Waals surface area contributed by atoms with Crippen LogP contribution in [0, 0.1) is 0 Å². The van der Waals surface area contributed by atoms with Crippen molar-refractivity contribution in [1.29, 1.82) is 0 Å². The van der Waals surface area contributed by atoms with Crippen LogP contribution in [0.2, 0.25) is 0 Å². The smallest absolute Gasteiger partial charge is 0.00187 e. The van der Waals surface area contributed by atoms with Gasteiger partial charge in [0.15, 0.2) is 0 Å². The third-order valence-corrected chi connectivity index (χ3v) is 7.23. The highest BCUT2D eigenvalue weighted by molar-refractivity contribution is 4.61. The standard InChI is InChI=1S/C31H65N/c1-4-7-10-13-16-19-22-25-28-31-32(29-26-23-20-17-14-11-8-5-2)30-27-24-21-18-15-12-9-6-3/h4-31H2,1-3H3. The zero-order chi connectivity index (χ0) is 23.4. The molecule has 0 amide bonds.